The van der Waals surface area contributed by atoms with E-state index in [0.29, 0.717) is 4.91 Å². The van der Waals surface area contributed by atoms with Gasteiger partial charge in [0.15, 0.2) is 5.17 Å². The van der Waals surface area contributed by atoms with E-state index in [9.17, 15) is 4.79 Å². The molecule has 5 heteroatoms. The SMILES string of the molecule is CCCCN=C1S/C(=C\c2ccccc2OC)C(=O)N1CCCC. The van der Waals surface area contributed by atoms with Gasteiger partial charge in [0, 0.05) is 18.7 Å². The summed E-state index contributed by atoms with van der Waals surface area (Å²) in [5, 5.41) is 0.836. The summed E-state index contributed by atoms with van der Waals surface area (Å²) in [7, 11) is 1.64. The average molecular weight is 346 g/mol. The van der Waals surface area contributed by atoms with Crippen LogP contribution in [-0.4, -0.2) is 36.2 Å². The van der Waals surface area contributed by atoms with E-state index >= 15 is 0 Å². The molecular weight excluding hydrogens is 320 g/mol. The van der Waals surface area contributed by atoms with Crippen LogP contribution in [0, 0.1) is 0 Å². The number of rotatable bonds is 8. The van der Waals surface area contributed by atoms with Gasteiger partial charge in [-0.3, -0.25) is 14.7 Å². The summed E-state index contributed by atoms with van der Waals surface area (Å²) in [4.78, 5) is 20.0. The van der Waals surface area contributed by atoms with Crippen LogP contribution < -0.4 is 4.74 Å². The first-order valence-corrected chi connectivity index (χ1v) is 9.41. The fourth-order valence-electron chi connectivity index (χ4n) is 2.40. The Kier molecular flexibility index (Phi) is 7.37. The van der Waals surface area contributed by atoms with Crippen LogP contribution in [-0.2, 0) is 4.79 Å². The maximum absolute atomic E-state index is 12.8. The number of nitrogens with zero attached hydrogens (tertiary/aromatic N) is 2. The van der Waals surface area contributed by atoms with Gasteiger partial charge in [0.1, 0.15) is 5.75 Å². The molecular formula is C19H26N2O2S. The average Bonchev–Trinajstić information content (AvgIpc) is 2.89. The minimum atomic E-state index is 0.0506. The minimum Gasteiger partial charge on any atom is -0.496 e. The molecule has 1 fully saturated rings. The summed E-state index contributed by atoms with van der Waals surface area (Å²) in [6.45, 7) is 5.79. The van der Waals surface area contributed by atoms with Gasteiger partial charge in [-0.15, -0.1) is 0 Å². The van der Waals surface area contributed by atoms with Crippen molar-refractivity contribution in [2.24, 2.45) is 4.99 Å². The monoisotopic (exact) mass is 346 g/mol. The van der Waals surface area contributed by atoms with Crippen molar-refractivity contribution in [3.8, 4) is 5.75 Å². The number of hydrogen-bond donors (Lipinski definition) is 0. The quantitative estimate of drug-likeness (QED) is 0.511. The van der Waals surface area contributed by atoms with E-state index in [4.69, 9.17) is 4.74 Å². The summed E-state index contributed by atoms with van der Waals surface area (Å²) in [6.07, 6.45) is 6.11. The first-order chi connectivity index (χ1) is 11.7. The third-order valence-electron chi connectivity index (χ3n) is 3.81. The van der Waals surface area contributed by atoms with E-state index in [-0.39, 0.29) is 5.91 Å². The van der Waals surface area contributed by atoms with Gasteiger partial charge in [0.05, 0.1) is 12.0 Å². The number of amides is 1. The number of benzene rings is 1. The Labute approximate surface area is 149 Å². The standard InChI is InChI=1S/C19H26N2O2S/c1-4-6-12-20-19-21(13-7-5-2)18(22)17(24-19)14-15-10-8-9-11-16(15)23-3/h8-11,14H,4-7,12-13H2,1-3H3/b17-14-,20-19?. The molecule has 1 aliphatic heterocycles. The second kappa shape index (κ2) is 9.52. The lowest BCUT2D eigenvalue weighted by Crippen LogP contribution is -2.30. The van der Waals surface area contributed by atoms with Crippen LogP contribution >= 0.6 is 11.8 Å². The number of ether oxygens (including phenoxy) is 1. The molecule has 0 spiro atoms. The number of carbonyl (C=O) groups is 1. The molecule has 0 aromatic heterocycles. The Morgan fingerprint density at radius 3 is 2.67 bits per heavy atom. The highest BCUT2D eigenvalue weighted by atomic mass is 32.2. The molecule has 0 atom stereocenters. The summed E-state index contributed by atoms with van der Waals surface area (Å²) in [5.41, 5.74) is 0.918. The number of hydrogen-bond acceptors (Lipinski definition) is 4. The van der Waals surface area contributed by atoms with Crippen LogP contribution in [0.4, 0.5) is 0 Å². The van der Waals surface area contributed by atoms with E-state index in [1.54, 1.807) is 7.11 Å². The zero-order chi connectivity index (χ0) is 17.4. The van der Waals surface area contributed by atoms with Crippen LogP contribution in [0.1, 0.15) is 45.1 Å². The van der Waals surface area contributed by atoms with Crippen molar-refractivity contribution in [2.45, 2.75) is 39.5 Å². The normalized spacial score (nSPS) is 18.0. The molecule has 1 aromatic rings. The van der Waals surface area contributed by atoms with Crippen LogP contribution in [0.25, 0.3) is 6.08 Å². The molecule has 1 saturated heterocycles. The molecule has 1 aliphatic rings. The number of methoxy groups -OCH3 is 1. The molecule has 1 aromatic carbocycles. The maximum Gasteiger partial charge on any atom is 0.266 e. The van der Waals surface area contributed by atoms with Crippen molar-refractivity contribution in [3.05, 3.63) is 34.7 Å². The number of carbonyl (C=O) groups excluding carboxylic acids is 1. The third-order valence-corrected chi connectivity index (χ3v) is 4.85. The molecule has 2 rings (SSSR count). The first kappa shape index (κ1) is 18.6. The molecule has 0 unspecified atom stereocenters. The highest BCUT2D eigenvalue weighted by molar-refractivity contribution is 8.18. The molecule has 4 nitrogen and oxygen atoms in total. The largest absolute Gasteiger partial charge is 0.496 e. The van der Waals surface area contributed by atoms with Crippen molar-refractivity contribution < 1.29 is 9.53 Å². The summed E-state index contributed by atoms with van der Waals surface area (Å²) in [5.74, 6) is 0.824. The van der Waals surface area contributed by atoms with Crippen molar-refractivity contribution >= 4 is 28.9 Å². The lowest BCUT2D eigenvalue weighted by molar-refractivity contribution is -0.122. The van der Waals surface area contributed by atoms with Crippen LogP contribution in [0.2, 0.25) is 0 Å². The third kappa shape index (κ3) is 4.63. The van der Waals surface area contributed by atoms with Crippen molar-refractivity contribution in [3.63, 3.8) is 0 Å². The zero-order valence-corrected chi connectivity index (χ0v) is 15.6. The fourth-order valence-corrected chi connectivity index (χ4v) is 3.42. The minimum absolute atomic E-state index is 0.0506. The van der Waals surface area contributed by atoms with E-state index < -0.39 is 0 Å². The van der Waals surface area contributed by atoms with Crippen molar-refractivity contribution in [1.29, 1.82) is 0 Å². The Hall–Kier alpha value is -1.75. The Morgan fingerprint density at radius 2 is 1.96 bits per heavy atom. The predicted molar refractivity (Wildman–Crippen MR) is 102 cm³/mol. The molecule has 130 valence electrons. The molecule has 0 saturated carbocycles. The fraction of sp³-hybridized carbons (Fsp3) is 0.474. The van der Waals surface area contributed by atoms with E-state index in [1.165, 1.54) is 11.8 Å². The van der Waals surface area contributed by atoms with Crippen molar-refractivity contribution in [1.82, 2.24) is 4.90 Å². The van der Waals surface area contributed by atoms with Gasteiger partial charge in [0.2, 0.25) is 0 Å². The summed E-state index contributed by atoms with van der Waals surface area (Å²) < 4.78 is 5.38. The van der Waals surface area contributed by atoms with Gasteiger partial charge >= 0.3 is 0 Å². The number of aliphatic imine (C=N–C) groups is 1. The summed E-state index contributed by atoms with van der Waals surface area (Å²) >= 11 is 1.47. The van der Waals surface area contributed by atoms with Crippen molar-refractivity contribution in [2.75, 3.05) is 20.2 Å². The highest BCUT2D eigenvalue weighted by Gasteiger charge is 2.32. The number of amidine groups is 1. The van der Waals surface area contributed by atoms with Gasteiger partial charge in [0.25, 0.3) is 5.91 Å². The molecule has 1 amide bonds. The lowest BCUT2D eigenvalue weighted by atomic mass is 10.2. The first-order valence-electron chi connectivity index (χ1n) is 8.60. The van der Waals surface area contributed by atoms with Gasteiger partial charge in [-0.2, -0.15) is 0 Å². The molecule has 1 heterocycles. The van der Waals surface area contributed by atoms with E-state index in [0.717, 1.165) is 55.3 Å². The number of unbranched alkanes of at least 4 members (excludes halogenated alkanes) is 2. The van der Waals surface area contributed by atoms with E-state index in [2.05, 4.69) is 18.8 Å². The van der Waals surface area contributed by atoms with Gasteiger partial charge in [-0.1, -0.05) is 44.9 Å². The second-order valence-corrected chi connectivity index (χ2v) is 6.69. The van der Waals surface area contributed by atoms with E-state index in [1.807, 2.05) is 35.2 Å². The van der Waals surface area contributed by atoms with Crippen LogP contribution in [0.15, 0.2) is 34.2 Å². The summed E-state index contributed by atoms with van der Waals surface area (Å²) in [6, 6.07) is 7.74. The van der Waals surface area contributed by atoms with Crippen LogP contribution in [0.5, 0.6) is 5.75 Å². The zero-order valence-electron chi connectivity index (χ0n) is 14.7. The molecule has 0 N–H and O–H groups in total. The molecule has 0 bridgehead atoms. The Morgan fingerprint density at radius 1 is 1.21 bits per heavy atom. The second-order valence-electron chi connectivity index (χ2n) is 5.68. The molecule has 0 radical (unpaired) electrons. The van der Waals surface area contributed by atoms with Gasteiger partial charge in [-0.25, -0.2) is 0 Å². The topological polar surface area (TPSA) is 41.9 Å². The molecule has 0 aliphatic carbocycles. The predicted octanol–water partition coefficient (Wildman–Crippen LogP) is 4.57. The van der Waals surface area contributed by atoms with Gasteiger partial charge < -0.3 is 4.74 Å². The highest BCUT2D eigenvalue weighted by Crippen LogP contribution is 2.34. The number of thioether (sulfide) groups is 1. The lowest BCUT2D eigenvalue weighted by Gasteiger charge is -2.14. The van der Waals surface area contributed by atoms with Gasteiger partial charge in [-0.05, 0) is 36.7 Å². The Balaban J connectivity index is 2.26. The van der Waals surface area contributed by atoms with Crippen LogP contribution in [0.3, 0.4) is 0 Å². The maximum atomic E-state index is 12.8. The Bertz CT molecular complexity index is 626. The molecule has 24 heavy (non-hydrogen) atoms. The number of para-hydroxylation sites is 1. The smallest absolute Gasteiger partial charge is 0.266 e.